The van der Waals surface area contributed by atoms with E-state index in [4.69, 9.17) is 17.7 Å². The zero-order valence-corrected chi connectivity index (χ0v) is 37.8. The third-order valence-corrected chi connectivity index (χ3v) is 19.8. The fourth-order valence-corrected chi connectivity index (χ4v) is 20.8. The number of carbonyl (C=O) groups excluding carboxylic acids is 2. The number of hydrogen-bond acceptors (Lipinski definition) is 6. The van der Waals surface area contributed by atoms with Gasteiger partial charge in [-0.1, -0.05) is 111 Å². The number of hydrogen-bond donors (Lipinski definition) is 0. The molecule has 3 atom stereocenters. The molecular formula is C44H68O6Si3. The Balaban J connectivity index is 2.05. The lowest BCUT2D eigenvalue weighted by molar-refractivity contribution is -0.163. The highest BCUT2D eigenvalue weighted by Gasteiger charge is 2.51. The summed E-state index contributed by atoms with van der Waals surface area (Å²) in [6.45, 7) is 24.1. The first-order valence-corrected chi connectivity index (χ1v) is 28.8. The molecule has 53 heavy (non-hydrogen) atoms. The van der Waals surface area contributed by atoms with Crippen LogP contribution < -0.4 is 0 Å². The number of methoxy groups -OCH3 is 1. The maximum absolute atomic E-state index is 14.6. The van der Waals surface area contributed by atoms with Crippen LogP contribution in [0.2, 0.25) is 51.9 Å². The minimum atomic E-state index is -2.49. The molecule has 9 heteroatoms. The molecule has 0 saturated carbocycles. The lowest BCUT2D eigenvalue weighted by Gasteiger charge is -2.45. The van der Waals surface area contributed by atoms with Crippen LogP contribution in [0.1, 0.15) is 76.5 Å². The molecule has 0 N–H and O–H groups in total. The number of ether oxygens (including phenoxy) is 2. The Morgan fingerprint density at radius 1 is 0.679 bits per heavy atom. The normalized spacial score (nSPS) is 15.5. The first-order chi connectivity index (χ1) is 24.7. The van der Waals surface area contributed by atoms with E-state index in [-0.39, 0.29) is 25.0 Å². The fraction of sp³-hybridized carbons (Fsp3) is 0.545. The largest absolute Gasteiger partial charge is 0.469 e. The van der Waals surface area contributed by atoms with Gasteiger partial charge in [-0.2, -0.15) is 0 Å². The molecule has 3 unspecified atom stereocenters. The zero-order valence-electron chi connectivity index (χ0n) is 34.8. The van der Waals surface area contributed by atoms with E-state index < -0.39 is 41.4 Å². The standard InChI is InChI=1S/C44H68O6Si3/c1-13-36(2)32-44(38-26-19-15-20-27-38,39-28-21-16-22-29-39)35-43(4,40(45)47-5)34-42(3,33-37-24-17-14-18-25-37)41(46)48-30-23-31-53(12,49-51(6,7)8)50-52(9,10)11/h14-22,24-29,36H,13,23,30-35H2,1-12H3. The molecule has 3 rings (SSSR count). The molecule has 0 bridgehead atoms. The van der Waals surface area contributed by atoms with Gasteiger partial charge in [0.25, 0.3) is 0 Å². The van der Waals surface area contributed by atoms with Crippen molar-refractivity contribution in [3.63, 3.8) is 0 Å². The second-order valence-electron chi connectivity index (χ2n) is 18.0. The van der Waals surface area contributed by atoms with Crippen molar-refractivity contribution in [2.75, 3.05) is 13.7 Å². The summed E-state index contributed by atoms with van der Waals surface area (Å²) in [5, 5.41) is 0. The van der Waals surface area contributed by atoms with E-state index in [1.54, 1.807) is 0 Å². The number of benzene rings is 3. The average molecular weight is 777 g/mol. The Kier molecular flexibility index (Phi) is 15.7. The van der Waals surface area contributed by atoms with Crippen LogP contribution >= 0.6 is 0 Å². The van der Waals surface area contributed by atoms with Crippen molar-refractivity contribution in [1.29, 1.82) is 0 Å². The van der Waals surface area contributed by atoms with Crippen LogP contribution in [0.3, 0.4) is 0 Å². The van der Waals surface area contributed by atoms with Crippen LogP contribution in [0.5, 0.6) is 0 Å². The number of rotatable bonds is 21. The Bertz CT molecular complexity index is 1520. The summed E-state index contributed by atoms with van der Waals surface area (Å²) < 4.78 is 25.3. The average Bonchev–Trinajstić information content (AvgIpc) is 3.08. The third-order valence-electron chi connectivity index (χ3n) is 10.2. The summed E-state index contributed by atoms with van der Waals surface area (Å²) >= 11 is 0. The van der Waals surface area contributed by atoms with Gasteiger partial charge in [0.05, 0.1) is 24.5 Å². The lowest BCUT2D eigenvalue weighted by Crippen LogP contribution is -2.52. The Morgan fingerprint density at radius 3 is 1.58 bits per heavy atom. The summed E-state index contributed by atoms with van der Waals surface area (Å²) in [5.41, 5.74) is 0.746. The number of carbonyl (C=O) groups is 2. The molecule has 292 valence electrons. The summed E-state index contributed by atoms with van der Waals surface area (Å²) in [7, 11) is -4.76. The minimum absolute atomic E-state index is 0.256. The summed E-state index contributed by atoms with van der Waals surface area (Å²) in [6.07, 6.45) is 3.65. The van der Waals surface area contributed by atoms with Gasteiger partial charge in [0.15, 0.2) is 16.6 Å². The highest BCUT2D eigenvalue weighted by atomic mass is 28.5. The van der Waals surface area contributed by atoms with E-state index in [1.165, 1.54) is 7.11 Å². The molecule has 0 heterocycles. The van der Waals surface area contributed by atoms with Gasteiger partial charge in [0.1, 0.15) is 0 Å². The maximum Gasteiger partial charge on any atom is 0.314 e. The second kappa shape index (κ2) is 18.7. The van der Waals surface area contributed by atoms with E-state index in [2.05, 4.69) is 108 Å². The first-order valence-electron chi connectivity index (χ1n) is 19.5. The van der Waals surface area contributed by atoms with Gasteiger partial charge in [0, 0.05) is 5.41 Å². The van der Waals surface area contributed by atoms with Crippen molar-refractivity contribution >= 4 is 37.1 Å². The lowest BCUT2D eigenvalue weighted by atomic mass is 9.58. The van der Waals surface area contributed by atoms with Crippen LogP contribution in [0, 0.1) is 16.7 Å². The highest BCUT2D eigenvalue weighted by Crippen LogP contribution is 2.51. The van der Waals surface area contributed by atoms with Gasteiger partial charge < -0.3 is 17.7 Å². The summed E-state index contributed by atoms with van der Waals surface area (Å²) in [4.78, 5) is 28.8. The molecule has 0 aliphatic carbocycles. The molecular weight excluding hydrogens is 709 g/mol. The molecule has 0 radical (unpaired) electrons. The van der Waals surface area contributed by atoms with Crippen LogP contribution in [0.25, 0.3) is 0 Å². The summed E-state index contributed by atoms with van der Waals surface area (Å²) in [6, 6.07) is 31.9. The molecule has 0 aliphatic heterocycles. The van der Waals surface area contributed by atoms with Crippen LogP contribution in [0.4, 0.5) is 0 Å². The molecule has 0 amide bonds. The monoisotopic (exact) mass is 776 g/mol. The molecule has 3 aromatic carbocycles. The predicted molar refractivity (Wildman–Crippen MR) is 226 cm³/mol. The van der Waals surface area contributed by atoms with E-state index >= 15 is 0 Å². The molecule has 0 aromatic heterocycles. The highest BCUT2D eigenvalue weighted by molar-refractivity contribution is 6.87. The fourth-order valence-electron chi connectivity index (χ4n) is 8.32. The third kappa shape index (κ3) is 13.2. The maximum atomic E-state index is 14.6. The Labute approximate surface area is 324 Å². The molecule has 0 saturated heterocycles. The Hall–Kier alpha value is -2.83. The van der Waals surface area contributed by atoms with E-state index in [0.29, 0.717) is 25.2 Å². The van der Waals surface area contributed by atoms with Crippen molar-refractivity contribution in [1.82, 2.24) is 0 Å². The topological polar surface area (TPSA) is 71.1 Å². The van der Waals surface area contributed by atoms with Crippen molar-refractivity contribution in [2.45, 2.75) is 124 Å². The van der Waals surface area contributed by atoms with Gasteiger partial charge in [-0.15, -0.1) is 0 Å². The van der Waals surface area contributed by atoms with Gasteiger partial charge in [-0.05, 0) is 120 Å². The predicted octanol–water partition coefficient (Wildman–Crippen LogP) is 11.3. The van der Waals surface area contributed by atoms with E-state index in [1.807, 2.05) is 56.3 Å². The SMILES string of the molecule is CCC(C)CC(CC(C)(CC(C)(Cc1ccccc1)C(=O)OCCC[Si](C)(O[Si](C)(C)C)O[Si](C)(C)C)C(=O)OC)(c1ccccc1)c1ccccc1. The van der Waals surface area contributed by atoms with Gasteiger partial charge in [-0.3, -0.25) is 9.59 Å². The zero-order chi connectivity index (χ0) is 39.6. The molecule has 0 fully saturated rings. The van der Waals surface area contributed by atoms with Crippen LogP contribution in [-0.4, -0.2) is 50.9 Å². The smallest absolute Gasteiger partial charge is 0.314 e. The van der Waals surface area contributed by atoms with E-state index in [9.17, 15) is 9.59 Å². The molecule has 6 nitrogen and oxygen atoms in total. The van der Waals surface area contributed by atoms with Crippen molar-refractivity contribution in [3.8, 4) is 0 Å². The quantitative estimate of drug-likeness (QED) is 0.0609. The number of esters is 2. The molecule has 0 spiro atoms. The molecule has 3 aromatic rings. The van der Waals surface area contributed by atoms with Crippen molar-refractivity contribution < 1.29 is 27.3 Å². The van der Waals surface area contributed by atoms with Gasteiger partial charge >= 0.3 is 20.5 Å². The summed E-state index contributed by atoms with van der Waals surface area (Å²) in [5.74, 6) is -0.246. The Morgan fingerprint density at radius 2 is 1.15 bits per heavy atom. The van der Waals surface area contributed by atoms with E-state index in [0.717, 1.165) is 35.6 Å². The van der Waals surface area contributed by atoms with Gasteiger partial charge in [0.2, 0.25) is 0 Å². The van der Waals surface area contributed by atoms with Crippen LogP contribution in [0.15, 0.2) is 91.0 Å². The van der Waals surface area contributed by atoms with Crippen LogP contribution in [-0.2, 0) is 39.1 Å². The minimum Gasteiger partial charge on any atom is -0.469 e. The van der Waals surface area contributed by atoms with Gasteiger partial charge in [-0.25, -0.2) is 0 Å². The van der Waals surface area contributed by atoms with Crippen molar-refractivity contribution in [3.05, 3.63) is 108 Å². The first kappa shape index (κ1) is 44.6. The second-order valence-corrected chi connectivity index (χ2v) is 30.8. The van der Waals surface area contributed by atoms with Crippen molar-refractivity contribution in [2.24, 2.45) is 16.7 Å². The molecule has 0 aliphatic rings.